The summed E-state index contributed by atoms with van der Waals surface area (Å²) in [7, 11) is 0. The molecule has 0 N–H and O–H groups in total. The van der Waals surface area contributed by atoms with E-state index in [9.17, 15) is 10.1 Å². The third-order valence-corrected chi connectivity index (χ3v) is 1.51. The molecule has 0 aromatic carbocycles. The Morgan fingerprint density at radius 3 is 2.70 bits per heavy atom. The molecule has 0 fully saturated rings. The molecule has 0 aliphatic heterocycles. The number of nitro groups is 1. The van der Waals surface area contributed by atoms with E-state index in [1.807, 2.05) is 0 Å². The SMILES string of the molecule is O=[N+]([O-])c1ccc(CBr)o1. The molecular weight excluding hydrogens is 202 g/mol. The molecule has 0 spiro atoms. The maximum atomic E-state index is 10.0. The van der Waals surface area contributed by atoms with E-state index in [0.717, 1.165) is 0 Å². The van der Waals surface area contributed by atoms with Crippen molar-refractivity contribution in [3.05, 3.63) is 28.0 Å². The molecule has 0 aliphatic rings. The monoisotopic (exact) mass is 205 g/mol. The summed E-state index contributed by atoms with van der Waals surface area (Å²) < 4.78 is 4.75. The number of hydrogen-bond donors (Lipinski definition) is 0. The lowest BCUT2D eigenvalue weighted by atomic mass is 10.5. The van der Waals surface area contributed by atoms with E-state index in [-0.39, 0.29) is 5.88 Å². The normalized spacial score (nSPS) is 9.70. The van der Waals surface area contributed by atoms with Gasteiger partial charge in [0.1, 0.15) is 10.7 Å². The summed E-state index contributed by atoms with van der Waals surface area (Å²) in [5.74, 6) is 0.348. The molecule has 1 aromatic rings. The zero-order valence-corrected chi connectivity index (χ0v) is 6.50. The molecule has 10 heavy (non-hydrogen) atoms. The third kappa shape index (κ3) is 1.36. The van der Waals surface area contributed by atoms with Crippen molar-refractivity contribution in [2.45, 2.75) is 5.33 Å². The molecule has 1 aromatic heterocycles. The van der Waals surface area contributed by atoms with Gasteiger partial charge in [-0.15, -0.1) is 0 Å². The molecule has 4 nitrogen and oxygen atoms in total. The van der Waals surface area contributed by atoms with Crippen LogP contribution in [-0.4, -0.2) is 4.92 Å². The van der Waals surface area contributed by atoms with Gasteiger partial charge in [-0.3, -0.25) is 10.1 Å². The van der Waals surface area contributed by atoms with Gasteiger partial charge in [0.2, 0.25) is 0 Å². The van der Waals surface area contributed by atoms with Gasteiger partial charge in [-0.2, -0.15) is 0 Å². The first-order valence-electron chi connectivity index (χ1n) is 2.53. The summed E-state index contributed by atoms with van der Waals surface area (Å²) in [6.07, 6.45) is 0. The van der Waals surface area contributed by atoms with Gasteiger partial charge in [-0.25, -0.2) is 0 Å². The fourth-order valence-corrected chi connectivity index (χ4v) is 0.838. The Morgan fingerprint density at radius 2 is 2.40 bits per heavy atom. The van der Waals surface area contributed by atoms with Crippen molar-refractivity contribution in [2.24, 2.45) is 0 Å². The smallest absolute Gasteiger partial charge is 0.405 e. The maximum Gasteiger partial charge on any atom is 0.433 e. The lowest BCUT2D eigenvalue weighted by Crippen LogP contribution is -1.82. The Hall–Kier alpha value is -0.840. The summed E-state index contributed by atoms with van der Waals surface area (Å²) in [5.41, 5.74) is 0. The van der Waals surface area contributed by atoms with E-state index in [4.69, 9.17) is 4.42 Å². The van der Waals surface area contributed by atoms with Crippen LogP contribution in [0.3, 0.4) is 0 Å². The summed E-state index contributed by atoms with van der Waals surface area (Å²) in [6, 6.07) is 2.89. The molecule has 54 valence electrons. The molecule has 0 bridgehead atoms. The van der Waals surface area contributed by atoms with E-state index < -0.39 is 4.92 Å². The van der Waals surface area contributed by atoms with Gasteiger partial charge in [0.05, 0.1) is 11.4 Å². The standard InChI is InChI=1S/C5H4BrNO3/c6-3-4-1-2-5(10-4)7(8)9/h1-2H,3H2. The van der Waals surface area contributed by atoms with Gasteiger partial charge in [-0.1, -0.05) is 15.9 Å². The second kappa shape index (κ2) is 2.83. The first-order valence-corrected chi connectivity index (χ1v) is 3.65. The van der Waals surface area contributed by atoms with Crippen LogP contribution in [0.1, 0.15) is 5.76 Å². The van der Waals surface area contributed by atoms with Crippen molar-refractivity contribution < 1.29 is 9.34 Å². The van der Waals surface area contributed by atoms with Crippen LogP contribution >= 0.6 is 15.9 Å². The molecule has 0 saturated heterocycles. The molecule has 0 saturated carbocycles. The van der Waals surface area contributed by atoms with E-state index in [1.165, 1.54) is 6.07 Å². The fraction of sp³-hybridized carbons (Fsp3) is 0.200. The van der Waals surface area contributed by atoms with E-state index in [1.54, 1.807) is 6.07 Å². The van der Waals surface area contributed by atoms with Crippen LogP contribution in [0.4, 0.5) is 5.88 Å². The molecule has 0 aliphatic carbocycles. The minimum Gasteiger partial charge on any atom is -0.405 e. The molecule has 1 rings (SSSR count). The highest BCUT2D eigenvalue weighted by Crippen LogP contribution is 2.17. The number of alkyl halides is 1. The van der Waals surface area contributed by atoms with Gasteiger partial charge >= 0.3 is 5.88 Å². The van der Waals surface area contributed by atoms with Crippen molar-refractivity contribution in [1.82, 2.24) is 0 Å². The molecule has 0 unspecified atom stereocenters. The van der Waals surface area contributed by atoms with Gasteiger partial charge in [0, 0.05) is 0 Å². The zero-order valence-electron chi connectivity index (χ0n) is 4.91. The van der Waals surface area contributed by atoms with Crippen molar-refractivity contribution in [3.8, 4) is 0 Å². The van der Waals surface area contributed by atoms with Crippen LogP contribution in [-0.2, 0) is 5.33 Å². The second-order valence-corrected chi connectivity index (χ2v) is 2.19. The fourth-order valence-electron chi connectivity index (χ4n) is 0.537. The summed E-state index contributed by atoms with van der Waals surface area (Å²) >= 11 is 3.10. The number of nitrogens with zero attached hydrogens (tertiary/aromatic N) is 1. The van der Waals surface area contributed by atoms with Crippen LogP contribution in [0.15, 0.2) is 16.5 Å². The van der Waals surface area contributed by atoms with Crippen LogP contribution in [0.5, 0.6) is 0 Å². The topological polar surface area (TPSA) is 56.3 Å². The van der Waals surface area contributed by atoms with Crippen LogP contribution < -0.4 is 0 Å². The van der Waals surface area contributed by atoms with Crippen molar-refractivity contribution >= 4 is 21.8 Å². The third-order valence-electron chi connectivity index (χ3n) is 0.959. The lowest BCUT2D eigenvalue weighted by Gasteiger charge is -1.82. The number of halogens is 1. The predicted octanol–water partition coefficient (Wildman–Crippen LogP) is 2.08. The summed E-state index contributed by atoms with van der Waals surface area (Å²) in [5, 5.41) is 10.5. The largest absolute Gasteiger partial charge is 0.433 e. The van der Waals surface area contributed by atoms with Gasteiger partial charge in [0.25, 0.3) is 0 Å². The van der Waals surface area contributed by atoms with Crippen molar-refractivity contribution in [2.75, 3.05) is 0 Å². The Kier molecular flexibility index (Phi) is 2.06. The Bertz CT molecular complexity index is 245. The highest BCUT2D eigenvalue weighted by molar-refractivity contribution is 9.08. The average molecular weight is 206 g/mol. The lowest BCUT2D eigenvalue weighted by molar-refractivity contribution is -0.402. The van der Waals surface area contributed by atoms with Gasteiger partial charge in [-0.05, 0) is 6.07 Å². The first kappa shape index (κ1) is 7.27. The van der Waals surface area contributed by atoms with Crippen LogP contribution in [0.2, 0.25) is 0 Å². The number of rotatable bonds is 2. The highest BCUT2D eigenvalue weighted by Gasteiger charge is 2.09. The highest BCUT2D eigenvalue weighted by atomic mass is 79.9. The van der Waals surface area contributed by atoms with Gasteiger partial charge in [0.15, 0.2) is 0 Å². The first-order chi connectivity index (χ1) is 4.74. The molecule has 1 heterocycles. The molecule has 0 radical (unpaired) electrons. The van der Waals surface area contributed by atoms with Crippen LogP contribution in [0.25, 0.3) is 0 Å². The summed E-state index contributed by atoms with van der Waals surface area (Å²) in [4.78, 5) is 9.46. The molecule has 0 amide bonds. The predicted molar refractivity (Wildman–Crippen MR) is 38.0 cm³/mol. The summed E-state index contributed by atoms with van der Waals surface area (Å²) in [6.45, 7) is 0. The Morgan fingerprint density at radius 1 is 1.70 bits per heavy atom. The maximum absolute atomic E-state index is 10.0. The minimum atomic E-state index is -0.563. The van der Waals surface area contributed by atoms with Crippen LogP contribution in [0, 0.1) is 10.1 Å². The van der Waals surface area contributed by atoms with Gasteiger partial charge < -0.3 is 4.42 Å². The molecular formula is C5H4BrNO3. The number of furan rings is 1. The molecule has 5 heteroatoms. The molecule has 0 atom stereocenters. The quantitative estimate of drug-likeness (QED) is 0.422. The van der Waals surface area contributed by atoms with E-state index >= 15 is 0 Å². The Labute approximate surface area is 65.1 Å². The van der Waals surface area contributed by atoms with Crippen molar-refractivity contribution in [1.29, 1.82) is 0 Å². The van der Waals surface area contributed by atoms with E-state index in [2.05, 4.69) is 15.9 Å². The second-order valence-electron chi connectivity index (χ2n) is 1.63. The van der Waals surface area contributed by atoms with E-state index in [0.29, 0.717) is 11.1 Å². The Balaban J connectivity index is 2.88. The van der Waals surface area contributed by atoms with Crippen molar-refractivity contribution in [3.63, 3.8) is 0 Å². The number of hydrogen-bond acceptors (Lipinski definition) is 3. The minimum absolute atomic E-state index is 0.213. The zero-order chi connectivity index (χ0) is 7.56. The average Bonchev–Trinajstić information content (AvgIpc) is 2.34.